The van der Waals surface area contributed by atoms with E-state index in [9.17, 15) is 0 Å². The van der Waals surface area contributed by atoms with Crippen molar-refractivity contribution in [2.24, 2.45) is 23.7 Å². The zero-order valence-corrected chi connectivity index (χ0v) is 19.3. The number of hydrogen-bond donors (Lipinski definition) is 0. The van der Waals surface area contributed by atoms with E-state index in [0.29, 0.717) is 6.10 Å². The third-order valence-corrected chi connectivity index (χ3v) is 8.15. The van der Waals surface area contributed by atoms with Gasteiger partial charge in [-0.1, -0.05) is 31.6 Å². The predicted molar refractivity (Wildman–Crippen MR) is 125 cm³/mol. The molecule has 1 aromatic carbocycles. The molecule has 5 atom stereocenters. The topological polar surface area (TPSA) is 18.5 Å². The second-order valence-electron chi connectivity index (χ2n) is 10.1. The molecule has 4 rings (SSSR count). The minimum Gasteiger partial charge on any atom is -0.494 e. The third-order valence-electron chi connectivity index (χ3n) is 8.15. The van der Waals surface area contributed by atoms with Crippen LogP contribution in [0.5, 0.6) is 5.75 Å². The average molecular weight is 411 g/mol. The molecule has 0 aromatic heterocycles. The first-order valence-electron chi connectivity index (χ1n) is 12.7. The van der Waals surface area contributed by atoms with E-state index < -0.39 is 0 Å². The Kier molecular flexibility index (Phi) is 7.93. The summed E-state index contributed by atoms with van der Waals surface area (Å²) in [4.78, 5) is 0. The van der Waals surface area contributed by atoms with Gasteiger partial charge < -0.3 is 9.47 Å². The van der Waals surface area contributed by atoms with E-state index in [-0.39, 0.29) is 0 Å². The molecule has 3 aliphatic carbocycles. The van der Waals surface area contributed by atoms with E-state index in [1.165, 1.54) is 64.2 Å². The van der Waals surface area contributed by atoms with Crippen LogP contribution in [0.2, 0.25) is 0 Å². The van der Waals surface area contributed by atoms with Crippen LogP contribution in [0.25, 0.3) is 0 Å². The highest BCUT2D eigenvalue weighted by molar-refractivity contribution is 5.37. The quantitative estimate of drug-likeness (QED) is 0.335. The number of ether oxygens (including phenoxy) is 2. The van der Waals surface area contributed by atoms with Gasteiger partial charge in [0.25, 0.3) is 0 Å². The first kappa shape index (κ1) is 21.9. The van der Waals surface area contributed by atoms with Crippen molar-refractivity contribution in [2.45, 2.75) is 90.6 Å². The summed E-state index contributed by atoms with van der Waals surface area (Å²) in [7, 11) is 0. The van der Waals surface area contributed by atoms with Crippen molar-refractivity contribution in [3.63, 3.8) is 0 Å². The SMILES string of the molecule is C/C=C/COC1CCC2CC(C3CCc4cc(OCCCC)ccc4C3)CCC2C1. The molecule has 0 spiro atoms. The molecule has 2 nitrogen and oxygen atoms in total. The summed E-state index contributed by atoms with van der Waals surface area (Å²) >= 11 is 0. The van der Waals surface area contributed by atoms with E-state index in [2.05, 4.69) is 44.2 Å². The van der Waals surface area contributed by atoms with Crippen molar-refractivity contribution in [1.82, 2.24) is 0 Å². The van der Waals surface area contributed by atoms with E-state index >= 15 is 0 Å². The average Bonchev–Trinajstić information content (AvgIpc) is 2.78. The normalized spacial score (nSPS) is 31.3. The fourth-order valence-corrected chi connectivity index (χ4v) is 6.34. The standard InChI is InChI=1S/C28H42O2/c1-3-5-15-29-27-13-11-23-17-21(7-9-25(23)19-27)22-8-10-26-20-28(30-16-6-4-2)14-12-24(26)18-22/h3,5,12,14,20-23,25,27H,4,6-11,13,15-19H2,1-2H3/b5-3+. The highest BCUT2D eigenvalue weighted by Crippen LogP contribution is 2.47. The number of hydrogen-bond acceptors (Lipinski definition) is 2. The molecule has 2 saturated carbocycles. The minimum atomic E-state index is 0.509. The second kappa shape index (κ2) is 10.8. The van der Waals surface area contributed by atoms with Crippen LogP contribution in [0, 0.1) is 23.7 Å². The Labute approximate surface area is 184 Å². The fraction of sp³-hybridized carbons (Fsp3) is 0.714. The Morgan fingerprint density at radius 1 is 0.933 bits per heavy atom. The molecule has 0 N–H and O–H groups in total. The molecule has 0 heterocycles. The molecule has 2 heteroatoms. The zero-order valence-electron chi connectivity index (χ0n) is 19.3. The Morgan fingerprint density at radius 3 is 2.57 bits per heavy atom. The molecular formula is C28H42O2. The van der Waals surface area contributed by atoms with Crippen LogP contribution in [0.3, 0.4) is 0 Å². The molecule has 166 valence electrons. The number of rotatable bonds is 8. The lowest BCUT2D eigenvalue weighted by Gasteiger charge is -2.44. The van der Waals surface area contributed by atoms with E-state index in [0.717, 1.165) is 49.1 Å². The number of benzene rings is 1. The Morgan fingerprint density at radius 2 is 1.73 bits per heavy atom. The lowest BCUT2D eigenvalue weighted by atomic mass is 9.62. The number of allylic oxidation sites excluding steroid dienone is 1. The van der Waals surface area contributed by atoms with Crippen molar-refractivity contribution in [3.05, 3.63) is 41.5 Å². The molecule has 0 amide bonds. The van der Waals surface area contributed by atoms with Crippen LogP contribution in [-0.4, -0.2) is 19.3 Å². The van der Waals surface area contributed by atoms with Gasteiger partial charge in [-0.05, 0) is 118 Å². The molecule has 30 heavy (non-hydrogen) atoms. The molecule has 2 fully saturated rings. The summed E-state index contributed by atoms with van der Waals surface area (Å²) in [6.07, 6.45) is 19.3. The van der Waals surface area contributed by atoms with Crippen LogP contribution in [0.1, 0.15) is 82.8 Å². The van der Waals surface area contributed by atoms with Gasteiger partial charge in [0.15, 0.2) is 0 Å². The van der Waals surface area contributed by atoms with Crippen LogP contribution in [0.4, 0.5) is 0 Å². The molecule has 0 aliphatic heterocycles. The summed E-state index contributed by atoms with van der Waals surface area (Å²) in [5.41, 5.74) is 3.14. The lowest BCUT2D eigenvalue weighted by molar-refractivity contribution is -0.0138. The van der Waals surface area contributed by atoms with Gasteiger partial charge in [0.1, 0.15) is 5.75 Å². The highest BCUT2D eigenvalue weighted by Gasteiger charge is 2.38. The fourth-order valence-electron chi connectivity index (χ4n) is 6.34. The highest BCUT2D eigenvalue weighted by atomic mass is 16.5. The van der Waals surface area contributed by atoms with Gasteiger partial charge in [0.05, 0.1) is 19.3 Å². The number of unbranched alkanes of at least 4 members (excludes halogenated alkanes) is 1. The Balaban J connectivity index is 1.28. The second-order valence-corrected chi connectivity index (χ2v) is 10.1. The largest absolute Gasteiger partial charge is 0.494 e. The summed E-state index contributed by atoms with van der Waals surface area (Å²) in [6, 6.07) is 6.90. The zero-order chi connectivity index (χ0) is 20.8. The van der Waals surface area contributed by atoms with Gasteiger partial charge >= 0.3 is 0 Å². The lowest BCUT2D eigenvalue weighted by Crippen LogP contribution is -2.37. The number of aryl methyl sites for hydroxylation is 1. The van der Waals surface area contributed by atoms with Gasteiger partial charge in [-0.25, -0.2) is 0 Å². The maximum Gasteiger partial charge on any atom is 0.119 e. The molecule has 5 unspecified atom stereocenters. The van der Waals surface area contributed by atoms with Crippen LogP contribution in [0.15, 0.2) is 30.4 Å². The molecular weight excluding hydrogens is 368 g/mol. The Hall–Kier alpha value is -1.28. The smallest absolute Gasteiger partial charge is 0.119 e. The summed E-state index contributed by atoms with van der Waals surface area (Å²) in [5, 5.41) is 0. The van der Waals surface area contributed by atoms with Gasteiger partial charge in [0.2, 0.25) is 0 Å². The van der Waals surface area contributed by atoms with Crippen molar-refractivity contribution >= 4 is 0 Å². The predicted octanol–water partition coefficient (Wildman–Crippen LogP) is 7.15. The monoisotopic (exact) mass is 410 g/mol. The molecule has 1 aromatic rings. The summed E-state index contributed by atoms with van der Waals surface area (Å²) < 4.78 is 12.0. The molecule has 3 aliphatic rings. The molecule has 0 bridgehead atoms. The summed E-state index contributed by atoms with van der Waals surface area (Å²) in [5.74, 6) is 4.80. The molecule has 0 radical (unpaired) electrons. The third kappa shape index (κ3) is 5.49. The Bertz CT molecular complexity index is 694. The van der Waals surface area contributed by atoms with Crippen LogP contribution < -0.4 is 4.74 Å². The van der Waals surface area contributed by atoms with Crippen molar-refractivity contribution in [1.29, 1.82) is 0 Å². The first-order chi connectivity index (χ1) is 14.8. The van der Waals surface area contributed by atoms with Crippen molar-refractivity contribution in [3.8, 4) is 5.75 Å². The maximum atomic E-state index is 6.10. The van der Waals surface area contributed by atoms with Crippen LogP contribution >= 0.6 is 0 Å². The van der Waals surface area contributed by atoms with Gasteiger partial charge in [-0.15, -0.1) is 0 Å². The van der Waals surface area contributed by atoms with E-state index in [1.54, 1.807) is 11.1 Å². The maximum absolute atomic E-state index is 6.10. The van der Waals surface area contributed by atoms with Gasteiger partial charge in [-0.3, -0.25) is 0 Å². The van der Waals surface area contributed by atoms with Crippen LogP contribution in [-0.2, 0) is 17.6 Å². The minimum absolute atomic E-state index is 0.509. The van der Waals surface area contributed by atoms with E-state index in [4.69, 9.17) is 9.47 Å². The first-order valence-corrected chi connectivity index (χ1v) is 12.7. The van der Waals surface area contributed by atoms with Crippen molar-refractivity contribution in [2.75, 3.05) is 13.2 Å². The van der Waals surface area contributed by atoms with Gasteiger partial charge in [-0.2, -0.15) is 0 Å². The van der Waals surface area contributed by atoms with Gasteiger partial charge in [0, 0.05) is 0 Å². The van der Waals surface area contributed by atoms with Crippen molar-refractivity contribution < 1.29 is 9.47 Å². The summed E-state index contributed by atoms with van der Waals surface area (Å²) in [6.45, 7) is 5.94. The van der Waals surface area contributed by atoms with E-state index in [1.807, 2.05) is 0 Å². The molecule has 0 saturated heterocycles. The number of fused-ring (bicyclic) bond motifs is 2.